The molecule has 0 aromatic heterocycles. The van der Waals surface area contributed by atoms with Gasteiger partial charge in [-0.05, 0) is 12.1 Å². The lowest BCUT2D eigenvalue weighted by Crippen LogP contribution is -2.20. The molecule has 0 aliphatic rings. The summed E-state index contributed by atoms with van der Waals surface area (Å²) in [6.45, 7) is 2.60. The Bertz CT molecular complexity index is 493. The van der Waals surface area contributed by atoms with Crippen molar-refractivity contribution in [3.05, 3.63) is 66.2 Å². The van der Waals surface area contributed by atoms with Crippen molar-refractivity contribution < 1.29 is 4.79 Å². The number of carbonyl (C=O) groups excluding carboxylic acids is 1. The molecule has 92 valence electrons. The van der Waals surface area contributed by atoms with E-state index in [1.165, 1.54) is 0 Å². The monoisotopic (exact) mass is 239 g/mol. The molecule has 0 saturated heterocycles. The lowest BCUT2D eigenvalue weighted by Gasteiger charge is -2.12. The topological polar surface area (TPSA) is 29.1 Å². The molecule has 0 bridgehead atoms. The molecule has 0 amide bonds. The van der Waals surface area contributed by atoms with Crippen molar-refractivity contribution in [3.8, 4) is 0 Å². The van der Waals surface area contributed by atoms with Crippen molar-refractivity contribution in [2.45, 2.75) is 6.92 Å². The first-order chi connectivity index (χ1) is 8.77. The van der Waals surface area contributed by atoms with Crippen molar-refractivity contribution in [2.75, 3.05) is 11.9 Å². The van der Waals surface area contributed by atoms with Crippen molar-refractivity contribution in [2.24, 2.45) is 5.92 Å². The van der Waals surface area contributed by atoms with Gasteiger partial charge in [-0.25, -0.2) is 0 Å². The Balaban J connectivity index is 1.93. The molecule has 0 saturated carbocycles. The molecule has 0 heterocycles. The Morgan fingerprint density at radius 1 is 1.00 bits per heavy atom. The number of carbonyl (C=O) groups is 1. The van der Waals surface area contributed by atoms with Gasteiger partial charge in [0, 0.05) is 23.7 Å². The van der Waals surface area contributed by atoms with E-state index in [1.807, 2.05) is 67.6 Å². The summed E-state index contributed by atoms with van der Waals surface area (Å²) in [5, 5.41) is 3.27. The Labute approximate surface area is 108 Å². The molecule has 1 N–H and O–H groups in total. The Morgan fingerprint density at radius 2 is 1.56 bits per heavy atom. The maximum Gasteiger partial charge on any atom is 0.167 e. The molecule has 1 atom stereocenters. The van der Waals surface area contributed by atoms with Crippen molar-refractivity contribution >= 4 is 11.5 Å². The fourth-order valence-corrected chi connectivity index (χ4v) is 1.81. The second-order valence-corrected chi connectivity index (χ2v) is 4.38. The van der Waals surface area contributed by atoms with E-state index in [1.54, 1.807) is 0 Å². The fourth-order valence-electron chi connectivity index (χ4n) is 1.81. The van der Waals surface area contributed by atoms with Crippen LogP contribution < -0.4 is 5.32 Å². The highest BCUT2D eigenvalue weighted by atomic mass is 16.1. The number of ketones is 1. The van der Waals surface area contributed by atoms with Crippen LogP contribution in [0.3, 0.4) is 0 Å². The molecule has 2 heteroatoms. The Kier molecular flexibility index (Phi) is 4.13. The van der Waals surface area contributed by atoms with Crippen molar-refractivity contribution in [1.82, 2.24) is 0 Å². The summed E-state index contributed by atoms with van der Waals surface area (Å²) in [5.41, 5.74) is 1.82. The van der Waals surface area contributed by atoms with Crippen LogP contribution in [-0.2, 0) is 0 Å². The minimum absolute atomic E-state index is 0.0346. The number of Topliss-reactive ketones (excluding diaryl/α,β-unsaturated/α-hetero) is 1. The van der Waals surface area contributed by atoms with E-state index in [0.29, 0.717) is 6.54 Å². The SMILES string of the molecule is C[C@@H](CNc1ccccc1)C(=O)c1ccccc1. The number of hydrogen-bond acceptors (Lipinski definition) is 2. The van der Waals surface area contributed by atoms with E-state index in [0.717, 1.165) is 11.3 Å². The van der Waals surface area contributed by atoms with Gasteiger partial charge in [-0.15, -0.1) is 0 Å². The van der Waals surface area contributed by atoms with Crippen LogP contribution in [0.15, 0.2) is 60.7 Å². The first-order valence-corrected chi connectivity index (χ1v) is 6.15. The second-order valence-electron chi connectivity index (χ2n) is 4.38. The third kappa shape index (κ3) is 3.20. The van der Waals surface area contributed by atoms with Crippen LogP contribution in [0.1, 0.15) is 17.3 Å². The zero-order valence-electron chi connectivity index (χ0n) is 10.5. The van der Waals surface area contributed by atoms with Gasteiger partial charge in [0.1, 0.15) is 0 Å². The number of rotatable bonds is 5. The van der Waals surface area contributed by atoms with Crippen LogP contribution >= 0.6 is 0 Å². The van der Waals surface area contributed by atoms with Gasteiger partial charge in [0.2, 0.25) is 0 Å². The van der Waals surface area contributed by atoms with Gasteiger partial charge in [0.15, 0.2) is 5.78 Å². The minimum atomic E-state index is -0.0346. The summed E-state index contributed by atoms with van der Waals surface area (Å²) >= 11 is 0. The van der Waals surface area contributed by atoms with E-state index in [-0.39, 0.29) is 11.7 Å². The van der Waals surface area contributed by atoms with Gasteiger partial charge in [-0.1, -0.05) is 55.5 Å². The standard InChI is InChI=1S/C16H17NO/c1-13(12-17-15-10-6-3-7-11-15)16(18)14-8-4-2-5-9-14/h2-11,13,17H,12H2,1H3/t13-/m0/s1. The molecular weight excluding hydrogens is 222 g/mol. The molecule has 0 aliphatic carbocycles. The molecule has 0 unspecified atom stereocenters. The first kappa shape index (κ1) is 12.4. The van der Waals surface area contributed by atoms with E-state index >= 15 is 0 Å². The van der Waals surface area contributed by atoms with Crippen LogP contribution in [0.4, 0.5) is 5.69 Å². The maximum absolute atomic E-state index is 12.1. The zero-order valence-corrected chi connectivity index (χ0v) is 10.5. The minimum Gasteiger partial charge on any atom is -0.384 e. The van der Waals surface area contributed by atoms with Gasteiger partial charge < -0.3 is 5.32 Å². The van der Waals surface area contributed by atoms with Gasteiger partial charge in [0.25, 0.3) is 0 Å². The van der Waals surface area contributed by atoms with Crippen LogP contribution in [0.5, 0.6) is 0 Å². The van der Waals surface area contributed by atoms with Gasteiger partial charge in [-0.3, -0.25) is 4.79 Å². The van der Waals surface area contributed by atoms with Gasteiger partial charge >= 0.3 is 0 Å². The van der Waals surface area contributed by atoms with E-state index < -0.39 is 0 Å². The van der Waals surface area contributed by atoms with E-state index in [9.17, 15) is 4.79 Å². The van der Waals surface area contributed by atoms with Crippen LogP contribution in [0.2, 0.25) is 0 Å². The van der Waals surface area contributed by atoms with Crippen molar-refractivity contribution in [1.29, 1.82) is 0 Å². The van der Waals surface area contributed by atoms with Crippen LogP contribution in [-0.4, -0.2) is 12.3 Å². The summed E-state index contributed by atoms with van der Waals surface area (Å²) in [7, 11) is 0. The average Bonchev–Trinajstić information content (AvgIpc) is 2.46. The lowest BCUT2D eigenvalue weighted by atomic mass is 9.99. The third-order valence-electron chi connectivity index (χ3n) is 2.89. The highest BCUT2D eigenvalue weighted by molar-refractivity contribution is 5.97. The highest BCUT2D eigenvalue weighted by Gasteiger charge is 2.14. The molecule has 0 fully saturated rings. The molecule has 2 aromatic carbocycles. The molecule has 0 aliphatic heterocycles. The summed E-state index contributed by atoms with van der Waals surface area (Å²) in [6.07, 6.45) is 0. The summed E-state index contributed by atoms with van der Waals surface area (Å²) in [5.74, 6) is 0.145. The Morgan fingerprint density at radius 3 is 2.17 bits per heavy atom. The summed E-state index contributed by atoms with van der Waals surface area (Å²) in [6, 6.07) is 19.4. The first-order valence-electron chi connectivity index (χ1n) is 6.15. The van der Waals surface area contributed by atoms with Gasteiger partial charge in [-0.2, -0.15) is 0 Å². The predicted octanol–water partition coefficient (Wildman–Crippen LogP) is 3.62. The molecular formula is C16H17NO. The zero-order chi connectivity index (χ0) is 12.8. The Hall–Kier alpha value is -2.09. The number of benzene rings is 2. The van der Waals surface area contributed by atoms with E-state index in [4.69, 9.17) is 0 Å². The molecule has 2 rings (SSSR count). The van der Waals surface area contributed by atoms with E-state index in [2.05, 4.69) is 5.32 Å². The number of nitrogens with one attached hydrogen (secondary N) is 1. The molecule has 0 radical (unpaired) electrons. The molecule has 18 heavy (non-hydrogen) atoms. The quantitative estimate of drug-likeness (QED) is 0.807. The predicted molar refractivity (Wildman–Crippen MR) is 74.9 cm³/mol. The summed E-state index contributed by atoms with van der Waals surface area (Å²) < 4.78 is 0. The lowest BCUT2D eigenvalue weighted by molar-refractivity contribution is 0.0936. The molecule has 0 spiro atoms. The van der Waals surface area contributed by atoms with Crippen LogP contribution in [0, 0.1) is 5.92 Å². The molecule has 2 aromatic rings. The fraction of sp³-hybridized carbons (Fsp3) is 0.188. The van der Waals surface area contributed by atoms with Crippen LogP contribution in [0.25, 0.3) is 0 Å². The van der Waals surface area contributed by atoms with Crippen molar-refractivity contribution in [3.63, 3.8) is 0 Å². The maximum atomic E-state index is 12.1. The average molecular weight is 239 g/mol. The molecule has 2 nitrogen and oxygen atoms in total. The number of anilines is 1. The summed E-state index contributed by atoms with van der Waals surface area (Å²) in [4.78, 5) is 12.1. The number of para-hydroxylation sites is 1. The third-order valence-corrected chi connectivity index (χ3v) is 2.89. The van der Waals surface area contributed by atoms with Gasteiger partial charge in [0.05, 0.1) is 0 Å². The normalized spacial score (nSPS) is 11.8. The highest BCUT2D eigenvalue weighted by Crippen LogP contribution is 2.11. The second kappa shape index (κ2) is 6.01. The number of hydrogen-bond donors (Lipinski definition) is 1. The largest absolute Gasteiger partial charge is 0.384 e. The smallest absolute Gasteiger partial charge is 0.167 e.